The number of amidine groups is 2. The molecule has 0 saturated heterocycles. The average Bonchev–Trinajstić information content (AvgIpc) is 3.36. The van der Waals surface area contributed by atoms with Crippen LogP contribution >= 0.6 is 11.8 Å². The van der Waals surface area contributed by atoms with Crippen LogP contribution in [-0.2, 0) is 4.79 Å². The number of nitro groups is 1. The first kappa shape index (κ1) is 20.7. The molecule has 3 heterocycles. The summed E-state index contributed by atoms with van der Waals surface area (Å²) in [5.41, 5.74) is 1.50. The lowest BCUT2D eigenvalue weighted by Gasteiger charge is -2.19. The molecule has 158 valence electrons. The van der Waals surface area contributed by atoms with Gasteiger partial charge >= 0.3 is 0 Å². The van der Waals surface area contributed by atoms with Crippen LogP contribution in [0, 0.1) is 22.4 Å². The Morgan fingerprint density at radius 1 is 1.32 bits per heavy atom. The molecule has 31 heavy (non-hydrogen) atoms. The number of furan rings is 1. The van der Waals surface area contributed by atoms with Gasteiger partial charge in [0.2, 0.25) is 5.17 Å². The molecule has 0 spiro atoms. The van der Waals surface area contributed by atoms with Gasteiger partial charge < -0.3 is 4.42 Å². The highest BCUT2D eigenvalue weighted by Crippen LogP contribution is 2.32. The van der Waals surface area contributed by atoms with E-state index in [0.29, 0.717) is 27.8 Å². The zero-order chi connectivity index (χ0) is 22.1. The van der Waals surface area contributed by atoms with Gasteiger partial charge in [-0.15, -0.1) is 0 Å². The van der Waals surface area contributed by atoms with Gasteiger partial charge in [-0.05, 0) is 61.4 Å². The number of carbonyl (C=O) groups excluding carboxylic acids is 1. The molecule has 0 bridgehead atoms. The molecule has 2 aliphatic rings. The van der Waals surface area contributed by atoms with Crippen molar-refractivity contribution < 1.29 is 14.1 Å². The minimum Gasteiger partial charge on any atom is -0.457 e. The highest BCUT2D eigenvalue weighted by atomic mass is 32.2. The van der Waals surface area contributed by atoms with Gasteiger partial charge in [0.05, 0.1) is 10.5 Å². The van der Waals surface area contributed by atoms with Crippen molar-refractivity contribution in [1.29, 1.82) is 5.41 Å². The van der Waals surface area contributed by atoms with Gasteiger partial charge in [0, 0.05) is 17.7 Å². The first-order valence-electron chi connectivity index (χ1n) is 9.71. The van der Waals surface area contributed by atoms with Crippen molar-refractivity contribution in [3.63, 3.8) is 0 Å². The summed E-state index contributed by atoms with van der Waals surface area (Å²) in [4.78, 5) is 27.1. The fourth-order valence-corrected chi connectivity index (χ4v) is 4.14. The molecule has 1 N–H and O–H groups in total. The lowest BCUT2D eigenvalue weighted by atomic mass is 10.1. The second-order valence-corrected chi connectivity index (χ2v) is 8.12. The summed E-state index contributed by atoms with van der Waals surface area (Å²) in [5, 5.41) is 26.4. The van der Waals surface area contributed by atoms with Gasteiger partial charge in [-0.25, -0.2) is 0 Å². The molecule has 0 atom stereocenters. The second kappa shape index (κ2) is 8.31. The first-order chi connectivity index (χ1) is 14.9. The number of hydrogen-bond donors (Lipinski definition) is 1. The topological polar surface area (TPSA) is 125 Å². The predicted octanol–water partition coefficient (Wildman–Crippen LogP) is 4.97. The maximum atomic E-state index is 12.5. The minimum atomic E-state index is -0.514. The molecule has 1 aromatic carbocycles. The number of hydrogen-bond acceptors (Lipinski definition) is 7. The monoisotopic (exact) mass is 437 g/mol. The number of nitrogens with one attached hydrogen (secondary N) is 1. The fourth-order valence-electron chi connectivity index (χ4n) is 3.22. The highest BCUT2D eigenvalue weighted by Gasteiger charge is 2.35. The van der Waals surface area contributed by atoms with Crippen LogP contribution in [0.15, 0.2) is 50.4 Å². The van der Waals surface area contributed by atoms with Gasteiger partial charge in [0.25, 0.3) is 11.6 Å². The Morgan fingerprint density at radius 2 is 2.13 bits per heavy atom. The van der Waals surface area contributed by atoms with E-state index in [2.05, 4.69) is 17.0 Å². The van der Waals surface area contributed by atoms with Gasteiger partial charge in [-0.3, -0.25) is 20.3 Å². The number of nitrogens with zero attached hydrogens (tertiary/aromatic N) is 4. The van der Waals surface area contributed by atoms with Gasteiger partial charge in [0.15, 0.2) is 5.84 Å². The summed E-state index contributed by atoms with van der Waals surface area (Å²) in [5.74, 6) is 0.329. The van der Waals surface area contributed by atoms with Crippen LogP contribution < -0.4 is 0 Å². The maximum Gasteiger partial charge on any atom is 0.283 e. The number of thioether (sulfide) groups is 1. The zero-order valence-electron chi connectivity index (χ0n) is 16.9. The summed E-state index contributed by atoms with van der Waals surface area (Å²) in [6.45, 7) is 3.85. The van der Waals surface area contributed by atoms with Crippen LogP contribution in [0.5, 0.6) is 0 Å². The first-order valence-corrected chi connectivity index (χ1v) is 10.5. The number of aryl methyl sites for hydroxylation is 1. The standard InChI is InChI=1S/C21H19N5O4S/c1-3-4-5-18-24-25-19(22)16(20(27)23-21(25)31-18)11-14-7-9-17(30-14)15-8-6-13(26(28)29)10-12(15)2/h6-11,22H,3-5H2,1-2H3/b16-11-,22-19?. The van der Waals surface area contributed by atoms with Gasteiger partial charge in [0.1, 0.15) is 16.6 Å². The number of amides is 1. The van der Waals surface area contributed by atoms with Crippen LogP contribution in [0.2, 0.25) is 0 Å². The molecular weight excluding hydrogens is 418 g/mol. The van der Waals surface area contributed by atoms with Crippen LogP contribution in [-0.4, -0.2) is 31.9 Å². The lowest BCUT2D eigenvalue weighted by Crippen LogP contribution is -2.35. The van der Waals surface area contributed by atoms with E-state index in [-0.39, 0.29) is 17.1 Å². The Labute approximate surface area is 182 Å². The third kappa shape index (κ3) is 4.06. The summed E-state index contributed by atoms with van der Waals surface area (Å²) < 4.78 is 5.83. The number of rotatable bonds is 6. The van der Waals surface area contributed by atoms with E-state index in [4.69, 9.17) is 9.83 Å². The normalized spacial score (nSPS) is 17.1. The smallest absolute Gasteiger partial charge is 0.283 e. The lowest BCUT2D eigenvalue weighted by molar-refractivity contribution is -0.384. The molecule has 0 aliphatic carbocycles. The highest BCUT2D eigenvalue weighted by molar-refractivity contribution is 8.26. The van der Waals surface area contributed by atoms with Gasteiger partial charge in [-0.2, -0.15) is 15.1 Å². The molecule has 0 radical (unpaired) electrons. The number of nitro benzene ring substituents is 1. The van der Waals surface area contributed by atoms with Crippen molar-refractivity contribution >= 4 is 45.5 Å². The summed E-state index contributed by atoms with van der Waals surface area (Å²) in [6, 6.07) is 7.92. The molecule has 10 heteroatoms. The van der Waals surface area contributed by atoms with E-state index in [9.17, 15) is 14.9 Å². The van der Waals surface area contributed by atoms with Crippen molar-refractivity contribution in [3.05, 3.63) is 57.3 Å². The Bertz CT molecular complexity index is 1190. The minimum absolute atomic E-state index is 0.00686. The molecular formula is C21H19N5O4S. The summed E-state index contributed by atoms with van der Waals surface area (Å²) in [7, 11) is 0. The quantitative estimate of drug-likeness (QED) is 0.386. The van der Waals surface area contributed by atoms with Crippen LogP contribution in [0.3, 0.4) is 0 Å². The van der Waals surface area contributed by atoms with E-state index < -0.39 is 10.8 Å². The van der Waals surface area contributed by atoms with Crippen LogP contribution in [0.4, 0.5) is 5.69 Å². The molecule has 9 nitrogen and oxygen atoms in total. The zero-order valence-corrected chi connectivity index (χ0v) is 17.7. The Morgan fingerprint density at radius 3 is 2.84 bits per heavy atom. The number of carbonyl (C=O) groups is 1. The average molecular weight is 437 g/mol. The molecule has 0 fully saturated rings. The second-order valence-electron chi connectivity index (χ2n) is 7.08. The van der Waals surface area contributed by atoms with E-state index in [1.807, 2.05) is 0 Å². The van der Waals surface area contributed by atoms with Crippen molar-refractivity contribution in [2.75, 3.05) is 0 Å². The van der Waals surface area contributed by atoms with Crippen LogP contribution in [0.25, 0.3) is 17.4 Å². The van der Waals surface area contributed by atoms with E-state index >= 15 is 0 Å². The maximum absolute atomic E-state index is 12.5. The van der Waals surface area contributed by atoms with Crippen molar-refractivity contribution in [2.45, 2.75) is 33.1 Å². The Hall–Kier alpha value is -3.53. The van der Waals surface area contributed by atoms with Crippen LogP contribution in [0.1, 0.15) is 37.5 Å². The molecule has 1 aromatic heterocycles. The third-order valence-corrected chi connectivity index (χ3v) is 5.81. The summed E-state index contributed by atoms with van der Waals surface area (Å²) >= 11 is 1.32. The number of benzene rings is 1. The fraction of sp³-hybridized carbons (Fsp3) is 0.238. The number of hydrazone groups is 1. The predicted molar refractivity (Wildman–Crippen MR) is 120 cm³/mol. The van der Waals surface area contributed by atoms with Crippen molar-refractivity contribution in [1.82, 2.24) is 5.01 Å². The number of fused-ring (bicyclic) bond motifs is 1. The Kier molecular flexibility index (Phi) is 5.55. The number of non-ortho nitro benzene ring substituents is 1. The van der Waals surface area contributed by atoms with Crippen molar-refractivity contribution in [2.24, 2.45) is 10.1 Å². The molecule has 2 aromatic rings. The van der Waals surface area contributed by atoms with E-state index in [0.717, 1.165) is 24.3 Å². The van der Waals surface area contributed by atoms with E-state index in [1.54, 1.807) is 25.1 Å². The number of aliphatic imine (C=N–C) groups is 1. The van der Waals surface area contributed by atoms with E-state index in [1.165, 1.54) is 35.0 Å². The molecule has 0 unspecified atom stereocenters. The SMILES string of the molecule is CCCCC1=NN2C(=N)/C(=C/c3ccc(-c4ccc([N+](=O)[O-])cc4C)o3)C(=O)N=C2S1. The summed E-state index contributed by atoms with van der Waals surface area (Å²) in [6.07, 6.45) is 4.27. The van der Waals surface area contributed by atoms with Gasteiger partial charge in [-0.1, -0.05) is 13.3 Å². The molecule has 1 amide bonds. The Balaban J connectivity index is 1.60. The third-order valence-electron chi connectivity index (χ3n) is 4.84. The van der Waals surface area contributed by atoms with Crippen molar-refractivity contribution in [3.8, 4) is 11.3 Å². The molecule has 0 saturated carbocycles. The largest absolute Gasteiger partial charge is 0.457 e. The number of unbranched alkanes of at least 4 members (excludes halogenated alkanes) is 1. The molecule has 2 aliphatic heterocycles. The molecule has 4 rings (SSSR count).